The van der Waals surface area contributed by atoms with E-state index in [1.165, 1.54) is 0 Å². The summed E-state index contributed by atoms with van der Waals surface area (Å²) in [6.07, 6.45) is 0. The fraction of sp³-hybridized carbons (Fsp3) is 0.500. The lowest BCUT2D eigenvalue weighted by Gasteiger charge is -2.20. The molecule has 0 aliphatic rings. The highest BCUT2D eigenvalue weighted by Gasteiger charge is 2.20. The highest BCUT2D eigenvalue weighted by molar-refractivity contribution is 6.32. The molecule has 0 saturated carbocycles. The SMILES string of the molecule is Cc1cc(N)nc(C(C)(C)C)c1Cl. The second-order valence-corrected chi connectivity index (χ2v) is 4.65. The molecule has 72 valence electrons. The zero-order valence-electron chi connectivity index (χ0n) is 8.48. The summed E-state index contributed by atoms with van der Waals surface area (Å²) >= 11 is 6.13. The van der Waals surface area contributed by atoms with Crippen LogP contribution in [0.4, 0.5) is 5.82 Å². The molecule has 2 nitrogen and oxygen atoms in total. The smallest absolute Gasteiger partial charge is 0.124 e. The number of pyridine rings is 1. The van der Waals surface area contributed by atoms with E-state index in [9.17, 15) is 0 Å². The Morgan fingerprint density at radius 1 is 1.38 bits per heavy atom. The van der Waals surface area contributed by atoms with Crippen LogP contribution < -0.4 is 5.73 Å². The number of nitrogens with two attached hydrogens (primary N) is 1. The molecule has 0 spiro atoms. The zero-order valence-corrected chi connectivity index (χ0v) is 9.24. The van der Waals surface area contributed by atoms with Gasteiger partial charge in [-0.25, -0.2) is 4.98 Å². The minimum atomic E-state index is -0.0583. The van der Waals surface area contributed by atoms with E-state index in [-0.39, 0.29) is 5.41 Å². The number of anilines is 1. The molecule has 3 heteroatoms. The summed E-state index contributed by atoms with van der Waals surface area (Å²) in [6, 6.07) is 1.79. The Morgan fingerprint density at radius 3 is 2.38 bits per heavy atom. The topological polar surface area (TPSA) is 38.9 Å². The van der Waals surface area contributed by atoms with Crippen LogP contribution in [0.1, 0.15) is 32.0 Å². The molecule has 0 amide bonds. The second kappa shape index (κ2) is 3.18. The molecule has 0 fully saturated rings. The number of nitrogen functional groups attached to an aromatic ring is 1. The molecular weight excluding hydrogens is 184 g/mol. The second-order valence-electron chi connectivity index (χ2n) is 4.28. The first-order valence-corrected chi connectivity index (χ1v) is 4.63. The van der Waals surface area contributed by atoms with Crippen LogP contribution >= 0.6 is 11.6 Å². The molecule has 0 radical (unpaired) electrons. The number of aromatic nitrogens is 1. The normalized spacial score (nSPS) is 11.8. The van der Waals surface area contributed by atoms with Gasteiger partial charge in [0.1, 0.15) is 5.82 Å². The molecule has 1 aromatic heterocycles. The van der Waals surface area contributed by atoms with E-state index >= 15 is 0 Å². The highest BCUT2D eigenvalue weighted by atomic mass is 35.5. The largest absolute Gasteiger partial charge is 0.384 e. The molecule has 1 aromatic rings. The molecule has 1 rings (SSSR count). The van der Waals surface area contributed by atoms with Gasteiger partial charge >= 0.3 is 0 Å². The Hall–Kier alpha value is -0.760. The summed E-state index contributed by atoms with van der Waals surface area (Å²) < 4.78 is 0. The third-order valence-electron chi connectivity index (χ3n) is 1.87. The molecule has 0 aromatic carbocycles. The summed E-state index contributed by atoms with van der Waals surface area (Å²) in [6.45, 7) is 8.15. The first kappa shape index (κ1) is 10.3. The summed E-state index contributed by atoms with van der Waals surface area (Å²) in [5.74, 6) is 0.534. The molecule has 0 aliphatic carbocycles. The monoisotopic (exact) mass is 198 g/mol. The van der Waals surface area contributed by atoms with Gasteiger partial charge in [-0.2, -0.15) is 0 Å². The molecule has 13 heavy (non-hydrogen) atoms. The third kappa shape index (κ3) is 2.13. The number of aryl methyl sites for hydroxylation is 1. The Morgan fingerprint density at radius 2 is 1.92 bits per heavy atom. The first-order valence-electron chi connectivity index (χ1n) is 4.25. The maximum absolute atomic E-state index is 6.13. The Labute approximate surface area is 84.1 Å². The van der Waals surface area contributed by atoms with E-state index in [4.69, 9.17) is 17.3 Å². The van der Waals surface area contributed by atoms with Crippen molar-refractivity contribution in [2.24, 2.45) is 0 Å². The van der Waals surface area contributed by atoms with Crippen molar-refractivity contribution in [3.63, 3.8) is 0 Å². The van der Waals surface area contributed by atoms with Crippen LogP contribution in [-0.2, 0) is 5.41 Å². The summed E-state index contributed by atoms with van der Waals surface area (Å²) in [7, 11) is 0. The minimum Gasteiger partial charge on any atom is -0.384 e. The van der Waals surface area contributed by atoms with Crippen LogP contribution in [0, 0.1) is 6.92 Å². The van der Waals surface area contributed by atoms with Gasteiger partial charge in [0, 0.05) is 5.41 Å². The molecule has 2 N–H and O–H groups in total. The van der Waals surface area contributed by atoms with Crippen molar-refractivity contribution in [1.82, 2.24) is 4.98 Å². The number of hydrogen-bond acceptors (Lipinski definition) is 2. The van der Waals surface area contributed by atoms with Crippen molar-refractivity contribution in [2.75, 3.05) is 5.73 Å². The van der Waals surface area contributed by atoms with Crippen LogP contribution in [0.15, 0.2) is 6.07 Å². The predicted octanol–water partition coefficient (Wildman–Crippen LogP) is 2.92. The van der Waals surface area contributed by atoms with Gasteiger partial charge in [-0.1, -0.05) is 32.4 Å². The fourth-order valence-electron chi connectivity index (χ4n) is 1.18. The molecule has 0 unspecified atom stereocenters. The lowest BCUT2D eigenvalue weighted by molar-refractivity contribution is 0.569. The summed E-state index contributed by atoms with van der Waals surface area (Å²) in [4.78, 5) is 4.25. The molecule has 0 aliphatic heterocycles. The van der Waals surface area contributed by atoms with Crippen LogP contribution in [-0.4, -0.2) is 4.98 Å². The zero-order chi connectivity index (χ0) is 10.2. The van der Waals surface area contributed by atoms with E-state index < -0.39 is 0 Å². The number of halogens is 1. The van der Waals surface area contributed by atoms with Crippen molar-refractivity contribution in [3.05, 3.63) is 22.3 Å². The molecular formula is C10H15ClN2. The van der Waals surface area contributed by atoms with Gasteiger partial charge in [0.15, 0.2) is 0 Å². The first-order chi connectivity index (χ1) is 5.82. The lowest BCUT2D eigenvalue weighted by Crippen LogP contribution is -2.15. The van der Waals surface area contributed by atoms with Crippen molar-refractivity contribution in [1.29, 1.82) is 0 Å². The van der Waals surface area contributed by atoms with Crippen LogP contribution in [0.5, 0.6) is 0 Å². The Balaban J connectivity index is 3.37. The van der Waals surface area contributed by atoms with Gasteiger partial charge in [0.05, 0.1) is 10.7 Å². The lowest BCUT2D eigenvalue weighted by atomic mass is 9.91. The van der Waals surface area contributed by atoms with Gasteiger partial charge in [-0.05, 0) is 18.6 Å². The van der Waals surface area contributed by atoms with E-state index in [1.807, 2.05) is 6.92 Å². The van der Waals surface area contributed by atoms with Gasteiger partial charge in [0.25, 0.3) is 0 Å². The molecule has 0 bridgehead atoms. The van der Waals surface area contributed by atoms with Crippen molar-refractivity contribution in [3.8, 4) is 0 Å². The molecule has 1 heterocycles. The van der Waals surface area contributed by atoms with E-state index in [1.54, 1.807) is 6.07 Å². The number of hydrogen-bond donors (Lipinski definition) is 1. The maximum atomic E-state index is 6.13. The van der Waals surface area contributed by atoms with Crippen molar-refractivity contribution in [2.45, 2.75) is 33.1 Å². The van der Waals surface area contributed by atoms with Crippen LogP contribution in [0.3, 0.4) is 0 Å². The average Bonchev–Trinajstić information content (AvgIpc) is 1.94. The van der Waals surface area contributed by atoms with E-state index in [0.717, 1.165) is 16.3 Å². The Kier molecular flexibility index (Phi) is 2.53. The third-order valence-corrected chi connectivity index (χ3v) is 2.35. The van der Waals surface area contributed by atoms with Gasteiger partial charge in [-0.15, -0.1) is 0 Å². The fourth-order valence-corrected chi connectivity index (χ4v) is 1.56. The Bertz CT molecular complexity index is 326. The molecule has 0 atom stereocenters. The van der Waals surface area contributed by atoms with Crippen LogP contribution in [0.2, 0.25) is 5.02 Å². The minimum absolute atomic E-state index is 0.0583. The summed E-state index contributed by atoms with van der Waals surface area (Å²) in [5.41, 5.74) is 7.45. The van der Waals surface area contributed by atoms with Gasteiger partial charge in [-0.3, -0.25) is 0 Å². The average molecular weight is 199 g/mol. The standard InChI is InChI=1S/C10H15ClN2/c1-6-5-7(12)13-9(8(6)11)10(2,3)4/h5H,1-4H3,(H2,12,13). The van der Waals surface area contributed by atoms with E-state index in [2.05, 4.69) is 25.8 Å². The predicted molar refractivity (Wildman–Crippen MR) is 57.1 cm³/mol. The van der Waals surface area contributed by atoms with Gasteiger partial charge in [0.2, 0.25) is 0 Å². The number of nitrogens with zero attached hydrogens (tertiary/aromatic N) is 1. The van der Waals surface area contributed by atoms with Gasteiger partial charge < -0.3 is 5.73 Å². The number of rotatable bonds is 0. The molecule has 0 saturated heterocycles. The van der Waals surface area contributed by atoms with Crippen LogP contribution in [0.25, 0.3) is 0 Å². The van der Waals surface area contributed by atoms with Crippen molar-refractivity contribution < 1.29 is 0 Å². The highest BCUT2D eigenvalue weighted by Crippen LogP contribution is 2.30. The van der Waals surface area contributed by atoms with Crippen molar-refractivity contribution >= 4 is 17.4 Å². The summed E-state index contributed by atoms with van der Waals surface area (Å²) in [5, 5.41) is 0.724. The quantitative estimate of drug-likeness (QED) is 0.696. The van der Waals surface area contributed by atoms with E-state index in [0.29, 0.717) is 5.82 Å². The maximum Gasteiger partial charge on any atom is 0.124 e.